The molecule has 57 heavy (non-hydrogen) atoms. The zero-order valence-corrected chi connectivity index (χ0v) is 42.4. The van der Waals surface area contributed by atoms with E-state index in [2.05, 4.69) is 122 Å². The van der Waals surface area contributed by atoms with Crippen molar-refractivity contribution in [2.45, 2.75) is 107 Å². The van der Waals surface area contributed by atoms with Crippen LogP contribution in [-0.2, 0) is 25.2 Å². The van der Waals surface area contributed by atoms with E-state index in [-0.39, 0.29) is 68.7 Å². The van der Waals surface area contributed by atoms with Gasteiger partial charge in [-0.1, -0.05) is 203 Å². The topological polar surface area (TPSA) is 88.0 Å². The van der Waals surface area contributed by atoms with Gasteiger partial charge in [-0.2, -0.15) is 0 Å². The first-order chi connectivity index (χ1) is 27.1. The minimum Gasteiger partial charge on any atom is -0.662 e. The average molecular weight is 878 g/mol. The summed E-state index contributed by atoms with van der Waals surface area (Å²) < 4.78 is 10.5. The molecular formula is C49H74BrKO6. The first kappa shape index (κ1) is 63.6. The van der Waals surface area contributed by atoms with Crippen molar-refractivity contribution in [3.8, 4) is 11.5 Å². The van der Waals surface area contributed by atoms with E-state index in [1.165, 1.54) is 35.1 Å². The van der Waals surface area contributed by atoms with E-state index in [1.807, 2.05) is 91.8 Å². The van der Waals surface area contributed by atoms with Crippen LogP contribution in [0.25, 0.3) is 0 Å². The number of halogens is 1. The third-order valence-corrected chi connectivity index (χ3v) is 7.96. The number of alkyl halides is 1. The van der Waals surface area contributed by atoms with Gasteiger partial charge in [-0.25, -0.2) is 0 Å². The van der Waals surface area contributed by atoms with E-state index in [0.717, 1.165) is 24.3 Å². The van der Waals surface area contributed by atoms with Crippen molar-refractivity contribution >= 4 is 22.4 Å². The smallest absolute Gasteiger partial charge is 0.662 e. The third kappa shape index (κ3) is 30.2. The summed E-state index contributed by atoms with van der Waals surface area (Å²) in [5.41, 5.74) is 5.05. The van der Waals surface area contributed by atoms with Crippen LogP contribution in [0.2, 0.25) is 0 Å². The number of benzene rings is 4. The number of hydrogen-bond acceptors (Lipinski definition) is 6. The van der Waals surface area contributed by atoms with Gasteiger partial charge in [-0.3, -0.25) is 4.79 Å². The fourth-order valence-electron chi connectivity index (χ4n) is 4.55. The van der Waals surface area contributed by atoms with Gasteiger partial charge in [0, 0.05) is 29.4 Å². The predicted octanol–water partition coefficient (Wildman–Crippen LogP) is 10.2. The molecule has 1 N–H and O–H groups in total. The summed E-state index contributed by atoms with van der Waals surface area (Å²) in [7, 11) is 0. The van der Waals surface area contributed by atoms with Gasteiger partial charge in [0.1, 0.15) is 18.1 Å². The van der Waals surface area contributed by atoms with E-state index >= 15 is 0 Å². The molecule has 0 radical (unpaired) electrons. The molecule has 0 atom stereocenters. The summed E-state index contributed by atoms with van der Waals surface area (Å²) in [4.78, 5) is 11.2. The fourth-order valence-corrected chi connectivity index (χ4v) is 4.55. The van der Waals surface area contributed by atoms with Crippen molar-refractivity contribution in [2.75, 3.05) is 25.2 Å². The Morgan fingerprint density at radius 3 is 1.23 bits per heavy atom. The molecule has 0 unspecified atom stereocenters. The van der Waals surface area contributed by atoms with Gasteiger partial charge in [-0.05, 0) is 59.4 Å². The monoisotopic (exact) mass is 876 g/mol. The van der Waals surface area contributed by atoms with Gasteiger partial charge in [0.15, 0.2) is 0 Å². The molecule has 314 valence electrons. The molecule has 0 amide bonds. The number of ether oxygens (including phenoxy) is 2. The Kier molecular flexibility index (Phi) is 49.8. The van der Waals surface area contributed by atoms with E-state index in [9.17, 15) is 5.11 Å². The molecule has 4 aromatic carbocycles. The maximum Gasteiger partial charge on any atom is 1.00 e. The zero-order valence-electron chi connectivity index (χ0n) is 37.6. The second-order valence-corrected chi connectivity index (χ2v) is 12.3. The second-order valence-electron chi connectivity index (χ2n) is 11.6. The van der Waals surface area contributed by atoms with Crippen molar-refractivity contribution in [2.24, 2.45) is 0 Å². The van der Waals surface area contributed by atoms with Gasteiger partial charge in [0.05, 0.1) is 0 Å². The van der Waals surface area contributed by atoms with Crippen LogP contribution in [0.4, 0.5) is 0 Å². The number of carbonyl (C=O) groups excluding carboxylic acids is 1. The number of rotatable bonds is 9. The van der Waals surface area contributed by atoms with Crippen molar-refractivity contribution in [3.63, 3.8) is 0 Å². The summed E-state index contributed by atoms with van der Waals surface area (Å²) in [6.45, 7) is 34.3. The molecule has 1 saturated heterocycles. The van der Waals surface area contributed by atoms with Crippen LogP contribution in [0.1, 0.15) is 118 Å². The average Bonchev–Trinajstić information content (AvgIpc) is 3.88. The number of phenols is 1. The van der Waals surface area contributed by atoms with Gasteiger partial charge in [0.2, 0.25) is 0 Å². The minimum absolute atomic E-state index is 0. The summed E-state index contributed by atoms with van der Waals surface area (Å²) in [6, 6.07) is 36.7. The van der Waals surface area contributed by atoms with E-state index in [1.54, 1.807) is 24.3 Å². The molecule has 1 heterocycles. The molecule has 0 spiro atoms. The Morgan fingerprint density at radius 2 is 0.965 bits per heavy atom. The van der Waals surface area contributed by atoms with Gasteiger partial charge in [-0.15, -0.1) is 6.58 Å². The Hall–Kier alpha value is -2.53. The van der Waals surface area contributed by atoms with Crippen molar-refractivity contribution in [1.82, 2.24) is 0 Å². The van der Waals surface area contributed by atoms with E-state index in [0.29, 0.717) is 12.4 Å². The molecule has 4 aromatic rings. The number of aromatic hydroxyl groups is 1. The zero-order chi connectivity index (χ0) is 43.7. The largest absolute Gasteiger partial charge is 1.00 e. The quantitative estimate of drug-likeness (QED) is 0.0450. The molecule has 5 rings (SSSR count). The molecule has 8 heteroatoms. The molecule has 1 aliphatic heterocycles. The summed E-state index contributed by atoms with van der Waals surface area (Å²) in [6.07, 6.45) is 6.10. The standard InChI is InChI=1S/C18H20O.C15H16O.C4H8O.C3H5Br.4C2H6.CH2O3.K/c1-4-14-19-17-12-10-16(11-13-17)18(2,3)15-8-6-5-7-9-15;1-15(2,12-6-4-3-5-7-12)13-8-10-14(16)11-9-13;1-2-4-5-3-1;1-2-3-4;4*1-2;2-1-4-3;/h4-13H,1,14H2,2-3H3;3-11,16H,1-2H3;1-4H2;2H,1,3H2;4*1-2H3;1,3H;/q;;;;;;;;;+1/p-1. The molecule has 1 fully saturated rings. The third-order valence-electron chi connectivity index (χ3n) is 7.50. The fraction of sp³-hybridized carbons (Fsp3) is 0.408. The van der Waals surface area contributed by atoms with Crippen molar-refractivity contribution in [3.05, 3.63) is 157 Å². The Morgan fingerprint density at radius 1 is 0.649 bits per heavy atom. The summed E-state index contributed by atoms with van der Waals surface area (Å²) >= 11 is 3.13. The van der Waals surface area contributed by atoms with Crippen LogP contribution in [0.15, 0.2) is 135 Å². The molecule has 6 nitrogen and oxygen atoms in total. The number of phenolic OH excluding ortho intramolecular Hbond substituents is 1. The van der Waals surface area contributed by atoms with Gasteiger partial charge >= 0.3 is 51.4 Å². The maximum absolute atomic E-state index is 9.29. The number of carbonyl (C=O) groups is 1. The molecule has 0 bridgehead atoms. The van der Waals surface area contributed by atoms with Crippen LogP contribution >= 0.6 is 15.9 Å². The maximum atomic E-state index is 9.29. The van der Waals surface area contributed by atoms with E-state index < -0.39 is 0 Å². The number of hydrogen-bond donors (Lipinski definition) is 1. The van der Waals surface area contributed by atoms with Crippen LogP contribution in [0.5, 0.6) is 11.5 Å². The van der Waals surface area contributed by atoms with Crippen molar-refractivity contribution < 1.29 is 80.9 Å². The first-order valence-corrected chi connectivity index (χ1v) is 20.9. The SMILES string of the molecule is C1CCOC1.C=CCBr.C=CCOc1ccc(C(C)(C)c2ccccc2)cc1.CC.CC.CC.CC.CC(C)(c1ccccc1)c1ccc(O)cc1.O=CO[O-].[K+]. The first-order valence-electron chi connectivity index (χ1n) is 19.8. The normalized spacial score (nSPS) is 10.2. The minimum atomic E-state index is -0.181. The molecule has 1 aliphatic rings. The Balaban J connectivity index is -0.000000212. The molecule has 0 saturated carbocycles. The van der Waals surface area contributed by atoms with E-state index in [4.69, 9.17) is 19.5 Å². The van der Waals surface area contributed by atoms with Crippen LogP contribution in [-0.4, -0.2) is 36.7 Å². The predicted molar refractivity (Wildman–Crippen MR) is 244 cm³/mol. The molecule has 0 aromatic heterocycles. The molecule has 0 aliphatic carbocycles. The Labute approximate surface area is 399 Å². The van der Waals surface area contributed by atoms with Crippen LogP contribution in [0.3, 0.4) is 0 Å². The second kappa shape index (κ2) is 44.6. The number of allylic oxidation sites excluding steroid dienone is 1. The van der Waals surface area contributed by atoms with Gasteiger partial charge in [0.25, 0.3) is 6.47 Å². The van der Waals surface area contributed by atoms with Crippen molar-refractivity contribution in [1.29, 1.82) is 0 Å². The van der Waals surface area contributed by atoms with Crippen LogP contribution in [0, 0.1) is 0 Å². The summed E-state index contributed by atoms with van der Waals surface area (Å²) in [5.74, 6) is 1.19. The Bertz CT molecular complexity index is 1390. The summed E-state index contributed by atoms with van der Waals surface area (Å²) in [5, 5.41) is 18.6. The van der Waals surface area contributed by atoms with Crippen LogP contribution < -0.4 is 61.4 Å². The molecular weight excluding hydrogens is 804 g/mol. The van der Waals surface area contributed by atoms with Gasteiger partial charge < -0.3 is 24.7 Å².